The molecule has 0 atom stereocenters. The molecule has 3 heterocycles. The molecule has 0 radical (unpaired) electrons. The number of hydrogen-bond acceptors (Lipinski definition) is 5. The van der Waals surface area contributed by atoms with Crippen LogP contribution in [-0.2, 0) is 24.3 Å². The van der Waals surface area contributed by atoms with Gasteiger partial charge >= 0.3 is 0 Å². The molecule has 3 aromatic heterocycles. The number of carbonyl (C=O) groups excluding carboxylic acids is 2. The topological polar surface area (TPSA) is 80.0 Å². The van der Waals surface area contributed by atoms with E-state index in [1.165, 1.54) is 17.4 Å². The van der Waals surface area contributed by atoms with Crippen molar-refractivity contribution in [2.24, 2.45) is 0 Å². The van der Waals surface area contributed by atoms with Crippen LogP contribution in [-0.4, -0.2) is 34.7 Å². The number of benzene rings is 1. The summed E-state index contributed by atoms with van der Waals surface area (Å²) in [6.07, 6.45) is 3.67. The molecule has 0 saturated carbocycles. The van der Waals surface area contributed by atoms with Gasteiger partial charge in [0.2, 0.25) is 5.91 Å². The summed E-state index contributed by atoms with van der Waals surface area (Å²) in [4.78, 5) is 29.6. The van der Waals surface area contributed by atoms with Crippen LogP contribution in [0.4, 0.5) is 0 Å². The highest BCUT2D eigenvalue weighted by molar-refractivity contribution is 5.94. The summed E-state index contributed by atoms with van der Waals surface area (Å²) in [5.74, 6) is 1.68. The largest absolute Gasteiger partial charge is 0.467 e. The van der Waals surface area contributed by atoms with Crippen molar-refractivity contribution >= 4 is 11.8 Å². The third-order valence-electron chi connectivity index (χ3n) is 5.28. The zero-order valence-electron chi connectivity index (χ0n) is 18.5. The first-order valence-electron chi connectivity index (χ1n) is 10.8. The minimum absolute atomic E-state index is 0.116. The average molecular weight is 447 g/mol. The number of carbonyl (C=O) groups is 2. The Bertz CT molecular complexity index is 1150. The van der Waals surface area contributed by atoms with E-state index in [1.54, 1.807) is 29.2 Å². The minimum Gasteiger partial charge on any atom is -0.467 e. The molecule has 7 heteroatoms. The second kappa shape index (κ2) is 10.5. The number of rotatable bonds is 10. The summed E-state index contributed by atoms with van der Waals surface area (Å²) in [7, 11) is 0. The Labute approximate surface area is 192 Å². The molecule has 0 bridgehead atoms. The highest BCUT2D eigenvalue weighted by atomic mass is 16.3. The predicted octanol–water partition coefficient (Wildman–Crippen LogP) is 4.69. The molecule has 170 valence electrons. The van der Waals surface area contributed by atoms with Crippen molar-refractivity contribution in [1.29, 1.82) is 0 Å². The molecule has 0 unspecified atom stereocenters. The Kier molecular flexibility index (Phi) is 7.09. The molecule has 33 heavy (non-hydrogen) atoms. The van der Waals surface area contributed by atoms with Gasteiger partial charge in [-0.2, -0.15) is 0 Å². The zero-order valence-corrected chi connectivity index (χ0v) is 18.5. The number of furan rings is 3. The normalized spacial score (nSPS) is 10.8. The maximum absolute atomic E-state index is 13.4. The maximum Gasteiger partial charge on any atom is 0.290 e. The molecule has 0 N–H and O–H groups in total. The summed E-state index contributed by atoms with van der Waals surface area (Å²) >= 11 is 0. The zero-order chi connectivity index (χ0) is 23.0. The molecule has 0 saturated heterocycles. The van der Waals surface area contributed by atoms with Gasteiger partial charge < -0.3 is 23.1 Å². The molecule has 4 rings (SSSR count). The number of amides is 2. The fraction of sp³-hybridized carbons (Fsp3) is 0.231. The first-order chi connectivity index (χ1) is 16.1. The third kappa shape index (κ3) is 6.04. The highest BCUT2D eigenvalue weighted by Gasteiger charge is 2.25. The van der Waals surface area contributed by atoms with Crippen LogP contribution < -0.4 is 0 Å². The van der Waals surface area contributed by atoms with Crippen LogP contribution >= 0.6 is 0 Å². The Morgan fingerprint density at radius 1 is 0.788 bits per heavy atom. The molecule has 0 spiro atoms. The summed E-state index contributed by atoms with van der Waals surface area (Å²) in [5, 5.41) is 0. The van der Waals surface area contributed by atoms with Crippen LogP contribution in [0.3, 0.4) is 0 Å². The average Bonchev–Trinajstić information content (AvgIpc) is 3.60. The number of hydrogen-bond donors (Lipinski definition) is 0. The lowest BCUT2D eigenvalue weighted by atomic mass is 10.1. The van der Waals surface area contributed by atoms with E-state index < -0.39 is 0 Å². The van der Waals surface area contributed by atoms with E-state index >= 15 is 0 Å². The van der Waals surface area contributed by atoms with Gasteiger partial charge in [0.25, 0.3) is 5.91 Å². The Morgan fingerprint density at radius 3 is 2.21 bits per heavy atom. The summed E-state index contributed by atoms with van der Waals surface area (Å²) < 4.78 is 16.4. The molecule has 4 aromatic rings. The van der Waals surface area contributed by atoms with Crippen LogP contribution in [0.25, 0.3) is 0 Å². The predicted molar refractivity (Wildman–Crippen MR) is 121 cm³/mol. The van der Waals surface area contributed by atoms with E-state index in [9.17, 15) is 9.59 Å². The van der Waals surface area contributed by atoms with Gasteiger partial charge in [0.15, 0.2) is 5.76 Å². The standard InChI is InChI=1S/C26H26N2O5/c1-20-11-12-23(33-20)18-27(14-13-21-7-3-2-4-8-21)25(29)19-28(17-22-9-5-15-31-22)26(30)24-10-6-16-32-24/h2-12,15-16H,13-14,17-19H2,1H3. The second-order valence-electron chi connectivity index (χ2n) is 7.78. The van der Waals surface area contributed by atoms with Crippen molar-refractivity contribution in [2.75, 3.05) is 13.1 Å². The van der Waals surface area contributed by atoms with Crippen LogP contribution in [0.1, 0.15) is 33.4 Å². The van der Waals surface area contributed by atoms with Gasteiger partial charge in [0, 0.05) is 6.54 Å². The lowest BCUT2D eigenvalue weighted by Gasteiger charge is -2.26. The molecule has 0 aliphatic heterocycles. The lowest BCUT2D eigenvalue weighted by Crippen LogP contribution is -2.43. The summed E-state index contributed by atoms with van der Waals surface area (Å²) in [6, 6.07) is 20.5. The van der Waals surface area contributed by atoms with E-state index in [-0.39, 0.29) is 30.7 Å². The van der Waals surface area contributed by atoms with Gasteiger partial charge in [0.1, 0.15) is 23.8 Å². The van der Waals surface area contributed by atoms with Gasteiger partial charge in [-0.1, -0.05) is 30.3 Å². The fourth-order valence-corrected chi connectivity index (χ4v) is 3.57. The first-order valence-corrected chi connectivity index (χ1v) is 10.8. The fourth-order valence-electron chi connectivity index (χ4n) is 3.57. The van der Waals surface area contributed by atoms with Crippen molar-refractivity contribution in [3.05, 3.63) is 108 Å². The Hall–Kier alpha value is -4.00. The van der Waals surface area contributed by atoms with E-state index in [2.05, 4.69) is 0 Å². The molecule has 0 aliphatic carbocycles. The van der Waals surface area contributed by atoms with Crippen LogP contribution in [0.5, 0.6) is 0 Å². The van der Waals surface area contributed by atoms with Gasteiger partial charge in [-0.3, -0.25) is 9.59 Å². The van der Waals surface area contributed by atoms with Crippen molar-refractivity contribution < 1.29 is 22.8 Å². The van der Waals surface area contributed by atoms with E-state index in [0.717, 1.165) is 11.3 Å². The van der Waals surface area contributed by atoms with E-state index in [4.69, 9.17) is 13.3 Å². The minimum atomic E-state index is -0.374. The van der Waals surface area contributed by atoms with E-state index in [0.29, 0.717) is 31.0 Å². The second-order valence-corrected chi connectivity index (χ2v) is 7.78. The molecular weight excluding hydrogens is 420 g/mol. The highest BCUT2D eigenvalue weighted by Crippen LogP contribution is 2.15. The Morgan fingerprint density at radius 2 is 1.55 bits per heavy atom. The molecule has 0 fully saturated rings. The molecular formula is C26H26N2O5. The van der Waals surface area contributed by atoms with Crippen LogP contribution in [0.15, 0.2) is 92.5 Å². The van der Waals surface area contributed by atoms with Gasteiger partial charge in [-0.25, -0.2) is 0 Å². The van der Waals surface area contributed by atoms with Crippen molar-refractivity contribution in [1.82, 2.24) is 9.80 Å². The smallest absolute Gasteiger partial charge is 0.290 e. The number of aryl methyl sites for hydroxylation is 1. The van der Waals surface area contributed by atoms with Crippen molar-refractivity contribution in [3.8, 4) is 0 Å². The molecule has 2 amide bonds. The molecule has 1 aromatic carbocycles. The monoisotopic (exact) mass is 446 g/mol. The van der Waals surface area contributed by atoms with Crippen LogP contribution in [0.2, 0.25) is 0 Å². The SMILES string of the molecule is Cc1ccc(CN(CCc2ccccc2)C(=O)CN(Cc2ccco2)C(=O)c2ccco2)o1. The van der Waals surface area contributed by atoms with Crippen molar-refractivity contribution in [2.45, 2.75) is 26.4 Å². The molecule has 0 aliphatic rings. The molecule has 7 nitrogen and oxygen atoms in total. The third-order valence-corrected chi connectivity index (χ3v) is 5.28. The van der Waals surface area contributed by atoms with Crippen molar-refractivity contribution in [3.63, 3.8) is 0 Å². The van der Waals surface area contributed by atoms with Crippen LogP contribution in [0, 0.1) is 6.92 Å². The summed E-state index contributed by atoms with van der Waals surface area (Å²) in [5.41, 5.74) is 1.13. The lowest BCUT2D eigenvalue weighted by molar-refractivity contribution is -0.133. The Balaban J connectivity index is 1.51. The summed E-state index contributed by atoms with van der Waals surface area (Å²) in [6.45, 7) is 2.72. The maximum atomic E-state index is 13.4. The van der Waals surface area contributed by atoms with E-state index in [1.807, 2.05) is 49.4 Å². The first kappa shape index (κ1) is 22.2. The quantitative estimate of drug-likeness (QED) is 0.353. The van der Waals surface area contributed by atoms with Gasteiger partial charge in [-0.15, -0.1) is 0 Å². The van der Waals surface area contributed by atoms with Gasteiger partial charge in [-0.05, 0) is 55.3 Å². The van der Waals surface area contributed by atoms with Gasteiger partial charge in [0.05, 0.1) is 25.6 Å². The number of nitrogens with zero attached hydrogens (tertiary/aromatic N) is 2.